The first-order chi connectivity index (χ1) is 7.83. The number of rotatable bonds is 8. The summed E-state index contributed by atoms with van der Waals surface area (Å²) in [5, 5.41) is 4.11. The average molecular weight is 242 g/mol. The van der Waals surface area contributed by atoms with Gasteiger partial charge in [0.2, 0.25) is 0 Å². The maximum Gasteiger partial charge on any atom is 0.0591 e. The Morgan fingerprint density at radius 1 is 1.19 bits per heavy atom. The Balaban J connectivity index is 2.01. The van der Waals surface area contributed by atoms with Gasteiger partial charge < -0.3 is 10.1 Å². The molecule has 1 N–H and O–H groups in total. The molecule has 0 aliphatic rings. The van der Waals surface area contributed by atoms with E-state index in [4.69, 9.17) is 16.3 Å². The van der Waals surface area contributed by atoms with E-state index in [0.29, 0.717) is 0 Å². The van der Waals surface area contributed by atoms with Crippen molar-refractivity contribution in [1.29, 1.82) is 0 Å². The number of unbranched alkanes of at least 4 members (excludes halogenated alkanes) is 1. The number of hydrogen-bond donors (Lipinski definition) is 1. The smallest absolute Gasteiger partial charge is 0.0591 e. The van der Waals surface area contributed by atoms with E-state index in [9.17, 15) is 0 Å². The first-order valence-electron chi connectivity index (χ1n) is 5.86. The molecule has 2 nitrogen and oxygen atoms in total. The molecule has 0 saturated heterocycles. The van der Waals surface area contributed by atoms with E-state index in [-0.39, 0.29) is 0 Å². The summed E-state index contributed by atoms with van der Waals surface area (Å²) in [6.07, 6.45) is 2.34. The van der Waals surface area contributed by atoms with Gasteiger partial charge in [0.05, 0.1) is 6.61 Å². The van der Waals surface area contributed by atoms with Gasteiger partial charge >= 0.3 is 0 Å². The van der Waals surface area contributed by atoms with Crippen molar-refractivity contribution in [3.05, 3.63) is 34.9 Å². The Bertz CT molecular complexity index is 274. The lowest BCUT2D eigenvalue weighted by atomic mass is 10.2. The molecular weight excluding hydrogens is 222 g/mol. The minimum atomic E-state index is 0.784. The first-order valence-corrected chi connectivity index (χ1v) is 6.23. The largest absolute Gasteiger partial charge is 0.380 e. The lowest BCUT2D eigenvalue weighted by Gasteiger charge is -2.06. The molecule has 0 amide bonds. The summed E-state index contributed by atoms with van der Waals surface area (Å²) in [6.45, 7) is 5.59. The third kappa shape index (κ3) is 6.11. The zero-order valence-electron chi connectivity index (χ0n) is 9.84. The molecule has 0 aliphatic heterocycles. The van der Waals surface area contributed by atoms with Crippen LogP contribution >= 0.6 is 11.6 Å². The molecule has 0 unspecified atom stereocenters. The highest BCUT2D eigenvalue weighted by Crippen LogP contribution is 2.08. The van der Waals surface area contributed by atoms with Gasteiger partial charge in [0.25, 0.3) is 0 Å². The second kappa shape index (κ2) is 8.57. The van der Waals surface area contributed by atoms with Crippen molar-refractivity contribution in [3.63, 3.8) is 0 Å². The predicted octanol–water partition coefficient (Wildman–Crippen LogP) is 3.25. The third-order valence-corrected chi connectivity index (χ3v) is 2.56. The summed E-state index contributed by atoms with van der Waals surface area (Å²) < 4.78 is 5.45. The van der Waals surface area contributed by atoms with E-state index in [1.54, 1.807) is 0 Å². The molecule has 0 bridgehead atoms. The highest BCUT2D eigenvalue weighted by molar-refractivity contribution is 6.30. The molecular formula is C13H20ClNO. The van der Waals surface area contributed by atoms with Crippen LogP contribution in [0.1, 0.15) is 25.3 Å². The molecule has 0 saturated carbocycles. The normalized spacial score (nSPS) is 10.6. The molecule has 0 aliphatic carbocycles. The summed E-state index contributed by atoms with van der Waals surface area (Å²) in [5.74, 6) is 0. The van der Waals surface area contributed by atoms with E-state index < -0.39 is 0 Å². The van der Waals surface area contributed by atoms with E-state index in [1.165, 1.54) is 12.0 Å². The average Bonchev–Trinajstić information content (AvgIpc) is 2.30. The van der Waals surface area contributed by atoms with Crippen molar-refractivity contribution in [2.24, 2.45) is 0 Å². The molecule has 90 valence electrons. The van der Waals surface area contributed by atoms with Crippen LogP contribution < -0.4 is 5.32 Å². The quantitative estimate of drug-likeness (QED) is 0.706. The maximum absolute atomic E-state index is 5.80. The minimum Gasteiger partial charge on any atom is -0.380 e. The molecule has 0 radical (unpaired) electrons. The van der Waals surface area contributed by atoms with Crippen LogP contribution in [0.3, 0.4) is 0 Å². The molecule has 0 fully saturated rings. The van der Waals surface area contributed by atoms with E-state index in [0.717, 1.165) is 37.7 Å². The zero-order valence-corrected chi connectivity index (χ0v) is 10.6. The summed E-state index contributed by atoms with van der Waals surface area (Å²) >= 11 is 5.80. The Morgan fingerprint density at radius 2 is 1.94 bits per heavy atom. The Labute approximate surface area is 103 Å². The van der Waals surface area contributed by atoms with Gasteiger partial charge in [0.1, 0.15) is 0 Å². The molecule has 16 heavy (non-hydrogen) atoms. The maximum atomic E-state index is 5.80. The lowest BCUT2D eigenvalue weighted by Crippen LogP contribution is -2.19. The van der Waals surface area contributed by atoms with Crippen molar-refractivity contribution in [2.45, 2.75) is 26.3 Å². The van der Waals surface area contributed by atoms with Crippen LogP contribution in [0.15, 0.2) is 24.3 Å². The monoisotopic (exact) mass is 241 g/mol. The fraction of sp³-hybridized carbons (Fsp3) is 0.538. The van der Waals surface area contributed by atoms with Crippen molar-refractivity contribution in [3.8, 4) is 0 Å². The van der Waals surface area contributed by atoms with Gasteiger partial charge in [0, 0.05) is 24.7 Å². The molecule has 1 aromatic carbocycles. The second-order valence-corrected chi connectivity index (χ2v) is 4.21. The van der Waals surface area contributed by atoms with Gasteiger partial charge in [0.15, 0.2) is 0 Å². The van der Waals surface area contributed by atoms with Crippen LogP contribution in [0.2, 0.25) is 5.02 Å². The second-order valence-electron chi connectivity index (χ2n) is 3.77. The van der Waals surface area contributed by atoms with Crippen LogP contribution in [-0.4, -0.2) is 19.8 Å². The van der Waals surface area contributed by atoms with E-state index >= 15 is 0 Å². The molecule has 0 heterocycles. The number of hydrogen-bond acceptors (Lipinski definition) is 2. The summed E-state index contributed by atoms with van der Waals surface area (Å²) in [4.78, 5) is 0. The van der Waals surface area contributed by atoms with Gasteiger partial charge in [-0.15, -0.1) is 0 Å². The van der Waals surface area contributed by atoms with Crippen LogP contribution in [0.4, 0.5) is 0 Å². The van der Waals surface area contributed by atoms with Gasteiger partial charge in [-0.3, -0.25) is 0 Å². The first kappa shape index (κ1) is 13.5. The SMILES string of the molecule is CCCCOCCNCc1ccc(Cl)cc1. The van der Waals surface area contributed by atoms with Gasteiger partial charge in [-0.1, -0.05) is 37.1 Å². The van der Waals surface area contributed by atoms with Crippen molar-refractivity contribution < 1.29 is 4.74 Å². The van der Waals surface area contributed by atoms with Gasteiger partial charge in [-0.2, -0.15) is 0 Å². The van der Waals surface area contributed by atoms with Crippen LogP contribution in [0.25, 0.3) is 0 Å². The molecule has 0 aromatic heterocycles. The number of nitrogens with one attached hydrogen (secondary N) is 1. The predicted molar refractivity (Wildman–Crippen MR) is 68.9 cm³/mol. The highest BCUT2D eigenvalue weighted by Gasteiger charge is 1.93. The van der Waals surface area contributed by atoms with Crippen molar-refractivity contribution in [1.82, 2.24) is 5.32 Å². The third-order valence-electron chi connectivity index (χ3n) is 2.31. The summed E-state index contributed by atoms with van der Waals surface area (Å²) in [5.41, 5.74) is 1.25. The number of halogens is 1. The van der Waals surface area contributed by atoms with Crippen LogP contribution in [0, 0.1) is 0 Å². The van der Waals surface area contributed by atoms with E-state index in [2.05, 4.69) is 12.2 Å². The summed E-state index contributed by atoms with van der Waals surface area (Å²) in [7, 11) is 0. The standard InChI is InChI=1S/C13H20ClNO/c1-2-3-9-16-10-8-15-11-12-4-6-13(14)7-5-12/h4-7,15H,2-3,8-11H2,1H3. The van der Waals surface area contributed by atoms with Gasteiger partial charge in [-0.25, -0.2) is 0 Å². The number of ether oxygens (including phenoxy) is 1. The highest BCUT2D eigenvalue weighted by atomic mass is 35.5. The van der Waals surface area contributed by atoms with Gasteiger partial charge in [-0.05, 0) is 24.1 Å². The summed E-state index contributed by atoms with van der Waals surface area (Å²) in [6, 6.07) is 7.90. The lowest BCUT2D eigenvalue weighted by molar-refractivity contribution is 0.133. The fourth-order valence-corrected chi connectivity index (χ4v) is 1.45. The zero-order chi connectivity index (χ0) is 11.6. The van der Waals surface area contributed by atoms with Crippen molar-refractivity contribution in [2.75, 3.05) is 19.8 Å². The van der Waals surface area contributed by atoms with Crippen molar-refractivity contribution >= 4 is 11.6 Å². The molecule has 3 heteroatoms. The molecule has 0 spiro atoms. The Kier molecular flexibility index (Phi) is 7.23. The molecule has 1 aromatic rings. The molecule has 1 rings (SSSR count). The minimum absolute atomic E-state index is 0.784. The van der Waals surface area contributed by atoms with E-state index in [1.807, 2.05) is 24.3 Å². The van der Waals surface area contributed by atoms with Crippen LogP contribution in [-0.2, 0) is 11.3 Å². The topological polar surface area (TPSA) is 21.3 Å². The Morgan fingerprint density at radius 3 is 2.62 bits per heavy atom. The fourth-order valence-electron chi connectivity index (χ4n) is 1.33. The number of benzene rings is 1. The van der Waals surface area contributed by atoms with Crippen LogP contribution in [0.5, 0.6) is 0 Å². The molecule has 0 atom stereocenters. The Hall–Kier alpha value is -0.570.